The third-order valence-corrected chi connectivity index (χ3v) is 5.26. The SMILES string of the molecule is CC(NC(=O)NCC(c1cccc(F)c1)N(C)C)c1cccc(S(N)(=O)=O)c1. The van der Waals surface area contributed by atoms with Gasteiger partial charge in [0.1, 0.15) is 5.82 Å². The predicted molar refractivity (Wildman–Crippen MR) is 106 cm³/mol. The second kappa shape index (κ2) is 9.13. The molecule has 7 nitrogen and oxygen atoms in total. The number of sulfonamides is 1. The van der Waals surface area contributed by atoms with Gasteiger partial charge in [-0.25, -0.2) is 22.7 Å². The van der Waals surface area contributed by atoms with Gasteiger partial charge in [0.05, 0.1) is 17.0 Å². The molecule has 2 amide bonds. The monoisotopic (exact) mass is 408 g/mol. The molecule has 0 aromatic heterocycles. The number of nitrogens with two attached hydrogens (primary N) is 1. The van der Waals surface area contributed by atoms with Crippen molar-refractivity contribution in [3.63, 3.8) is 0 Å². The molecule has 9 heteroatoms. The predicted octanol–water partition coefficient (Wildman–Crippen LogP) is 2.14. The Hall–Kier alpha value is -2.49. The van der Waals surface area contributed by atoms with Crippen LogP contribution in [0.4, 0.5) is 9.18 Å². The highest BCUT2D eigenvalue weighted by Gasteiger charge is 2.17. The van der Waals surface area contributed by atoms with Crippen molar-refractivity contribution >= 4 is 16.1 Å². The molecule has 0 saturated carbocycles. The summed E-state index contributed by atoms with van der Waals surface area (Å²) in [6, 6.07) is 11.3. The fourth-order valence-corrected chi connectivity index (χ4v) is 3.36. The minimum absolute atomic E-state index is 0.0159. The average Bonchev–Trinajstić information content (AvgIpc) is 2.61. The van der Waals surface area contributed by atoms with E-state index in [1.807, 2.05) is 19.0 Å². The van der Waals surface area contributed by atoms with Gasteiger partial charge in [-0.05, 0) is 56.4 Å². The summed E-state index contributed by atoms with van der Waals surface area (Å²) in [7, 11) is -0.129. The van der Waals surface area contributed by atoms with Crippen LogP contribution in [-0.2, 0) is 10.0 Å². The van der Waals surface area contributed by atoms with Gasteiger partial charge in [0, 0.05) is 6.54 Å². The van der Waals surface area contributed by atoms with Crippen molar-refractivity contribution in [3.05, 3.63) is 65.5 Å². The highest BCUT2D eigenvalue weighted by atomic mass is 32.2. The Labute approximate surface area is 164 Å². The van der Waals surface area contributed by atoms with Crippen LogP contribution in [0.1, 0.15) is 30.1 Å². The molecular weight excluding hydrogens is 383 g/mol. The molecule has 0 aliphatic heterocycles. The lowest BCUT2D eigenvalue weighted by atomic mass is 10.1. The van der Waals surface area contributed by atoms with Crippen molar-refractivity contribution in [3.8, 4) is 0 Å². The Kier molecular flexibility index (Phi) is 7.11. The number of primary sulfonamides is 1. The van der Waals surface area contributed by atoms with Crippen molar-refractivity contribution < 1.29 is 17.6 Å². The number of benzene rings is 2. The maximum atomic E-state index is 13.5. The van der Waals surface area contributed by atoms with E-state index < -0.39 is 22.1 Å². The number of nitrogens with zero attached hydrogens (tertiary/aromatic N) is 1. The van der Waals surface area contributed by atoms with Crippen molar-refractivity contribution in [1.29, 1.82) is 0 Å². The molecule has 0 aliphatic rings. The number of carbonyl (C=O) groups excluding carboxylic acids is 1. The molecule has 2 atom stereocenters. The van der Waals surface area contributed by atoms with Gasteiger partial charge in [0.15, 0.2) is 0 Å². The first-order valence-corrected chi connectivity index (χ1v) is 10.2. The topological polar surface area (TPSA) is 105 Å². The summed E-state index contributed by atoms with van der Waals surface area (Å²) in [5, 5.41) is 10.7. The Morgan fingerprint density at radius 2 is 1.79 bits per heavy atom. The molecule has 0 saturated heterocycles. The van der Waals surface area contributed by atoms with Crippen LogP contribution >= 0.6 is 0 Å². The third-order valence-electron chi connectivity index (χ3n) is 4.35. The molecule has 0 aliphatic carbocycles. The first kappa shape index (κ1) is 21.8. The average molecular weight is 408 g/mol. The van der Waals surface area contributed by atoms with Crippen LogP contribution in [0.5, 0.6) is 0 Å². The van der Waals surface area contributed by atoms with E-state index in [2.05, 4.69) is 10.6 Å². The Bertz CT molecular complexity index is 934. The fourth-order valence-electron chi connectivity index (χ4n) is 2.79. The first-order chi connectivity index (χ1) is 13.1. The number of amides is 2. The minimum atomic E-state index is -3.82. The van der Waals surface area contributed by atoms with Crippen LogP contribution in [0.25, 0.3) is 0 Å². The zero-order chi connectivity index (χ0) is 20.9. The van der Waals surface area contributed by atoms with Gasteiger partial charge in [-0.1, -0.05) is 24.3 Å². The zero-order valence-electron chi connectivity index (χ0n) is 16.0. The molecule has 2 rings (SSSR count). The number of nitrogens with one attached hydrogen (secondary N) is 2. The number of rotatable bonds is 7. The van der Waals surface area contributed by atoms with Gasteiger partial charge in [0.2, 0.25) is 10.0 Å². The lowest BCUT2D eigenvalue weighted by Gasteiger charge is -2.25. The van der Waals surface area contributed by atoms with E-state index in [0.29, 0.717) is 5.56 Å². The molecule has 2 aromatic carbocycles. The van der Waals surface area contributed by atoms with Crippen molar-refractivity contribution in [2.24, 2.45) is 5.14 Å². The summed E-state index contributed by atoms with van der Waals surface area (Å²) in [6.07, 6.45) is 0. The van der Waals surface area contributed by atoms with Gasteiger partial charge >= 0.3 is 6.03 Å². The molecule has 4 N–H and O–H groups in total. The Morgan fingerprint density at radius 1 is 1.14 bits per heavy atom. The summed E-state index contributed by atoms with van der Waals surface area (Å²) in [6.45, 7) is 2.00. The molecule has 0 bridgehead atoms. The molecule has 2 unspecified atom stereocenters. The van der Waals surface area contributed by atoms with Crippen LogP contribution in [0.3, 0.4) is 0 Å². The van der Waals surface area contributed by atoms with Gasteiger partial charge in [0.25, 0.3) is 0 Å². The van der Waals surface area contributed by atoms with Crippen molar-refractivity contribution in [2.75, 3.05) is 20.6 Å². The van der Waals surface area contributed by atoms with Crippen molar-refractivity contribution in [2.45, 2.75) is 23.9 Å². The van der Waals surface area contributed by atoms with E-state index in [9.17, 15) is 17.6 Å². The van der Waals surface area contributed by atoms with Crippen LogP contribution in [0, 0.1) is 5.82 Å². The lowest BCUT2D eigenvalue weighted by molar-refractivity contribution is 0.230. The van der Waals surface area contributed by atoms with E-state index in [4.69, 9.17) is 5.14 Å². The highest BCUT2D eigenvalue weighted by molar-refractivity contribution is 7.89. The van der Waals surface area contributed by atoms with Gasteiger partial charge in [-0.15, -0.1) is 0 Å². The van der Waals surface area contributed by atoms with Gasteiger partial charge in [-0.2, -0.15) is 0 Å². The van der Waals surface area contributed by atoms with E-state index in [1.54, 1.807) is 31.2 Å². The molecule has 152 valence electrons. The number of carbonyl (C=O) groups is 1. The standard InChI is InChI=1S/C19H25FN4O3S/c1-13(14-6-5-9-17(11-14)28(21,26)27)23-19(25)22-12-18(24(2)3)15-7-4-8-16(20)10-15/h4-11,13,18H,12H2,1-3H3,(H2,21,26,27)(H2,22,23,25). The smallest absolute Gasteiger partial charge is 0.315 e. The molecule has 0 spiro atoms. The second-order valence-corrected chi connectivity index (χ2v) is 8.29. The summed E-state index contributed by atoms with van der Waals surface area (Å²) in [4.78, 5) is 14.1. The molecule has 2 aromatic rings. The zero-order valence-corrected chi connectivity index (χ0v) is 16.8. The van der Waals surface area contributed by atoms with Gasteiger partial charge < -0.3 is 15.5 Å². The number of halogens is 1. The van der Waals surface area contributed by atoms with Crippen LogP contribution in [0.2, 0.25) is 0 Å². The molecule has 28 heavy (non-hydrogen) atoms. The quantitative estimate of drug-likeness (QED) is 0.653. The van der Waals surface area contributed by atoms with Gasteiger partial charge in [-0.3, -0.25) is 0 Å². The Balaban J connectivity index is 2.01. The maximum Gasteiger partial charge on any atom is 0.315 e. The second-order valence-electron chi connectivity index (χ2n) is 6.73. The maximum absolute atomic E-state index is 13.5. The minimum Gasteiger partial charge on any atom is -0.336 e. The lowest BCUT2D eigenvalue weighted by Crippen LogP contribution is -2.41. The largest absolute Gasteiger partial charge is 0.336 e. The summed E-state index contributed by atoms with van der Waals surface area (Å²) >= 11 is 0. The molecule has 0 fully saturated rings. The summed E-state index contributed by atoms with van der Waals surface area (Å²) < 4.78 is 36.4. The molecular formula is C19H25FN4O3S. The number of hydrogen-bond acceptors (Lipinski definition) is 4. The van der Waals surface area contributed by atoms with Crippen molar-refractivity contribution in [1.82, 2.24) is 15.5 Å². The Morgan fingerprint density at radius 3 is 2.39 bits per heavy atom. The summed E-state index contributed by atoms with van der Waals surface area (Å²) in [5.41, 5.74) is 1.36. The number of likely N-dealkylation sites (N-methyl/N-ethyl adjacent to an activating group) is 1. The van der Waals surface area contributed by atoms with E-state index in [0.717, 1.165) is 5.56 Å². The summed E-state index contributed by atoms with van der Waals surface area (Å²) in [5.74, 6) is -0.336. The van der Waals surface area contributed by atoms with E-state index >= 15 is 0 Å². The third kappa shape index (κ3) is 6.01. The molecule has 0 radical (unpaired) electrons. The van der Waals surface area contributed by atoms with E-state index in [1.165, 1.54) is 24.3 Å². The van der Waals surface area contributed by atoms with Crippen LogP contribution in [0.15, 0.2) is 53.4 Å². The molecule has 0 heterocycles. The first-order valence-electron chi connectivity index (χ1n) is 8.67. The normalized spacial score (nSPS) is 13.8. The van der Waals surface area contributed by atoms with Crippen LogP contribution in [-0.4, -0.2) is 40.0 Å². The van der Waals surface area contributed by atoms with E-state index in [-0.39, 0.29) is 23.3 Å². The highest BCUT2D eigenvalue weighted by Crippen LogP contribution is 2.19. The van der Waals surface area contributed by atoms with Crippen LogP contribution < -0.4 is 15.8 Å². The number of hydrogen-bond donors (Lipinski definition) is 3. The fraction of sp³-hybridized carbons (Fsp3) is 0.316. The number of urea groups is 1.